The number of amides is 1. The molecule has 1 aliphatic heterocycles. The van der Waals surface area contributed by atoms with Crippen molar-refractivity contribution in [3.63, 3.8) is 0 Å². The lowest BCUT2D eigenvalue weighted by atomic mass is 10.0. The Bertz CT molecular complexity index is 585. The number of rotatable bonds is 2. The minimum absolute atomic E-state index is 0.189. The second kappa shape index (κ2) is 3.97. The Balaban J connectivity index is 2.42. The molecule has 1 amide bonds. The molecule has 1 aromatic rings. The van der Waals surface area contributed by atoms with Crippen molar-refractivity contribution < 1.29 is 17.6 Å². The van der Waals surface area contributed by atoms with Crippen LogP contribution in [-0.2, 0) is 21.4 Å². The fraction of sp³-hybridized carbons (Fsp3) is 0.222. The van der Waals surface area contributed by atoms with Crippen molar-refractivity contribution in [1.82, 2.24) is 0 Å². The van der Waals surface area contributed by atoms with E-state index < -0.39 is 16.0 Å². The van der Waals surface area contributed by atoms with Crippen LogP contribution in [0.25, 0.3) is 0 Å². The van der Waals surface area contributed by atoms with Crippen LogP contribution < -0.4 is 15.2 Å². The minimum atomic E-state index is -4.04. The van der Waals surface area contributed by atoms with E-state index in [1.807, 2.05) is 4.72 Å². The lowest BCUT2D eigenvalue weighted by molar-refractivity contribution is -0.116. The second-order valence-electron chi connectivity index (χ2n) is 3.68. The highest BCUT2D eigenvalue weighted by molar-refractivity contribution is 7.90. The van der Waals surface area contributed by atoms with E-state index in [0.29, 0.717) is 17.7 Å². The summed E-state index contributed by atoms with van der Waals surface area (Å²) in [6.07, 6.45) is 0.710. The van der Waals surface area contributed by atoms with Gasteiger partial charge in [-0.05, 0) is 24.1 Å². The molecule has 1 aromatic carbocycles. The van der Waals surface area contributed by atoms with Gasteiger partial charge in [-0.2, -0.15) is 8.42 Å². The highest BCUT2D eigenvalue weighted by atomic mass is 32.2. The lowest BCUT2D eigenvalue weighted by Crippen LogP contribution is -2.24. The van der Waals surface area contributed by atoms with E-state index in [1.165, 1.54) is 12.1 Å². The van der Waals surface area contributed by atoms with Gasteiger partial charge in [0.2, 0.25) is 5.91 Å². The molecule has 6 nitrogen and oxygen atoms in total. The van der Waals surface area contributed by atoms with Crippen molar-refractivity contribution in [2.45, 2.75) is 12.8 Å². The van der Waals surface area contributed by atoms with Crippen molar-refractivity contribution in [3.05, 3.63) is 23.5 Å². The molecule has 0 radical (unpaired) electrons. The molecule has 17 heavy (non-hydrogen) atoms. The van der Waals surface area contributed by atoms with Gasteiger partial charge in [0.1, 0.15) is 5.82 Å². The Morgan fingerprint density at radius 3 is 2.71 bits per heavy atom. The van der Waals surface area contributed by atoms with Crippen molar-refractivity contribution in [1.29, 1.82) is 0 Å². The molecule has 0 saturated carbocycles. The van der Waals surface area contributed by atoms with Gasteiger partial charge in [0.15, 0.2) is 0 Å². The summed E-state index contributed by atoms with van der Waals surface area (Å²) in [6, 6.07) is 2.40. The smallest absolute Gasteiger partial charge is 0.296 e. The van der Waals surface area contributed by atoms with Crippen molar-refractivity contribution in [3.8, 4) is 0 Å². The number of halogens is 1. The highest BCUT2D eigenvalue weighted by Crippen LogP contribution is 2.28. The fourth-order valence-corrected chi connectivity index (χ4v) is 2.09. The van der Waals surface area contributed by atoms with E-state index in [9.17, 15) is 17.6 Å². The van der Waals surface area contributed by atoms with Gasteiger partial charge in [-0.1, -0.05) is 0 Å². The maximum Gasteiger partial charge on any atom is 0.296 e. The van der Waals surface area contributed by atoms with Crippen LogP contribution in [0, 0.1) is 5.82 Å². The van der Waals surface area contributed by atoms with Crippen molar-refractivity contribution in [2.75, 3.05) is 10.0 Å². The zero-order valence-electron chi connectivity index (χ0n) is 8.66. The molecule has 1 heterocycles. The van der Waals surface area contributed by atoms with E-state index in [-0.39, 0.29) is 18.0 Å². The molecular formula is C9H10FN3O3S. The third-order valence-electron chi connectivity index (χ3n) is 2.34. The number of carbonyl (C=O) groups is 1. The first-order chi connectivity index (χ1) is 7.85. The minimum Gasteiger partial charge on any atom is -0.326 e. The first-order valence-corrected chi connectivity index (χ1v) is 6.32. The number of anilines is 2. The summed E-state index contributed by atoms with van der Waals surface area (Å²) in [5.41, 5.74) is 0.740. The standard InChI is InChI=1S/C9H10FN3O3S/c10-6-3-5-1-2-9(14)12-7(5)4-8(6)13-17(11,15)16/h3-4,13H,1-2H2,(H,12,14)(H2,11,15,16). The van der Waals surface area contributed by atoms with Crippen molar-refractivity contribution >= 4 is 27.5 Å². The number of fused-ring (bicyclic) bond motifs is 1. The first kappa shape index (κ1) is 11.8. The summed E-state index contributed by atoms with van der Waals surface area (Å²) < 4.78 is 36.9. The zero-order chi connectivity index (χ0) is 12.6. The molecule has 0 fully saturated rings. The molecule has 0 aromatic heterocycles. The first-order valence-electron chi connectivity index (χ1n) is 4.78. The summed E-state index contributed by atoms with van der Waals surface area (Å²) in [6.45, 7) is 0. The van der Waals surface area contributed by atoms with Crippen LogP contribution in [0.1, 0.15) is 12.0 Å². The molecule has 4 N–H and O–H groups in total. The normalized spacial score (nSPS) is 15.1. The molecule has 0 spiro atoms. The molecule has 8 heteroatoms. The molecule has 2 rings (SSSR count). The van der Waals surface area contributed by atoms with Crippen LogP contribution in [0.5, 0.6) is 0 Å². The number of carbonyl (C=O) groups excluding carboxylic acids is 1. The number of nitrogens with two attached hydrogens (primary N) is 1. The lowest BCUT2D eigenvalue weighted by Gasteiger charge is -2.18. The van der Waals surface area contributed by atoms with Gasteiger partial charge in [-0.25, -0.2) is 9.53 Å². The third kappa shape index (κ3) is 2.71. The van der Waals surface area contributed by atoms with Crippen LogP contribution >= 0.6 is 0 Å². The fourth-order valence-electron chi connectivity index (χ4n) is 1.63. The van der Waals surface area contributed by atoms with Crippen LogP contribution in [0.3, 0.4) is 0 Å². The molecule has 1 aliphatic rings. The summed E-state index contributed by atoms with van der Waals surface area (Å²) in [5, 5.41) is 7.28. The topological polar surface area (TPSA) is 101 Å². The summed E-state index contributed by atoms with van der Waals surface area (Å²) in [5.74, 6) is -0.917. The largest absolute Gasteiger partial charge is 0.326 e. The molecule has 0 saturated heterocycles. The van der Waals surface area contributed by atoms with Gasteiger partial charge in [0.25, 0.3) is 10.2 Å². The third-order valence-corrected chi connectivity index (χ3v) is 2.85. The van der Waals surface area contributed by atoms with Crippen LogP contribution in [0.15, 0.2) is 12.1 Å². The Kier molecular flexibility index (Phi) is 2.76. The van der Waals surface area contributed by atoms with E-state index in [4.69, 9.17) is 5.14 Å². The molecule has 92 valence electrons. The van der Waals surface area contributed by atoms with Gasteiger partial charge >= 0.3 is 0 Å². The molecule has 0 unspecified atom stereocenters. The number of hydrogen-bond acceptors (Lipinski definition) is 3. The Morgan fingerprint density at radius 2 is 2.06 bits per heavy atom. The number of nitrogens with one attached hydrogen (secondary N) is 2. The van der Waals surface area contributed by atoms with Gasteiger partial charge in [0.05, 0.1) is 5.69 Å². The van der Waals surface area contributed by atoms with Crippen molar-refractivity contribution in [2.24, 2.45) is 5.14 Å². The molecule has 0 aliphatic carbocycles. The van der Waals surface area contributed by atoms with E-state index in [1.54, 1.807) is 0 Å². The second-order valence-corrected chi connectivity index (χ2v) is 4.98. The number of hydrogen-bond donors (Lipinski definition) is 3. The maximum atomic E-state index is 13.5. The predicted molar refractivity (Wildman–Crippen MR) is 60.1 cm³/mol. The van der Waals surface area contributed by atoms with E-state index in [0.717, 1.165) is 0 Å². The maximum absolute atomic E-state index is 13.5. The Labute approximate surface area is 97.2 Å². The number of aryl methyl sites for hydroxylation is 1. The molecule has 0 atom stereocenters. The Morgan fingerprint density at radius 1 is 1.35 bits per heavy atom. The summed E-state index contributed by atoms with van der Waals surface area (Å²) in [7, 11) is -4.04. The van der Waals surface area contributed by atoms with Gasteiger partial charge < -0.3 is 5.32 Å². The quantitative estimate of drug-likeness (QED) is 0.713. The van der Waals surface area contributed by atoms with Crippen LogP contribution in [0.2, 0.25) is 0 Å². The van der Waals surface area contributed by atoms with Gasteiger partial charge in [-0.3, -0.25) is 9.52 Å². The average molecular weight is 259 g/mol. The molecule has 0 bridgehead atoms. The van der Waals surface area contributed by atoms with Crippen LogP contribution in [-0.4, -0.2) is 14.3 Å². The SMILES string of the molecule is NS(=O)(=O)Nc1cc2c(cc1F)CCC(=O)N2. The predicted octanol–water partition coefficient (Wildman–Crippen LogP) is 0.326. The average Bonchev–Trinajstić information content (AvgIpc) is 2.17. The monoisotopic (exact) mass is 259 g/mol. The summed E-state index contributed by atoms with van der Waals surface area (Å²) in [4.78, 5) is 11.1. The van der Waals surface area contributed by atoms with Crippen LogP contribution in [0.4, 0.5) is 15.8 Å². The Hall–Kier alpha value is -1.67. The van der Waals surface area contributed by atoms with E-state index >= 15 is 0 Å². The summed E-state index contributed by atoms with van der Waals surface area (Å²) >= 11 is 0. The van der Waals surface area contributed by atoms with Gasteiger partial charge in [-0.15, -0.1) is 0 Å². The molecular weight excluding hydrogens is 249 g/mol. The van der Waals surface area contributed by atoms with Gasteiger partial charge in [0, 0.05) is 12.1 Å². The highest BCUT2D eigenvalue weighted by Gasteiger charge is 2.18. The number of benzene rings is 1. The van der Waals surface area contributed by atoms with E-state index in [2.05, 4.69) is 5.32 Å². The zero-order valence-corrected chi connectivity index (χ0v) is 9.47.